The maximum absolute atomic E-state index is 12.1. The molecule has 0 aliphatic carbocycles. The van der Waals surface area contributed by atoms with Crippen molar-refractivity contribution in [2.45, 2.75) is 31.3 Å². The van der Waals surface area contributed by atoms with Crippen molar-refractivity contribution in [2.24, 2.45) is 5.92 Å². The summed E-state index contributed by atoms with van der Waals surface area (Å²) >= 11 is 0.362. The summed E-state index contributed by atoms with van der Waals surface area (Å²) in [7, 11) is 0. The average Bonchev–Trinajstić information content (AvgIpc) is 2.59. The highest BCUT2D eigenvalue weighted by Crippen LogP contribution is 2.21. The molecule has 0 saturated heterocycles. The second kappa shape index (κ2) is 6.74. The van der Waals surface area contributed by atoms with Crippen LogP contribution in [-0.4, -0.2) is 39.1 Å². The topological polar surface area (TPSA) is 55.6 Å². The minimum atomic E-state index is -2.49. The summed E-state index contributed by atoms with van der Waals surface area (Å²) in [6.45, 7) is 6.25. The number of alkyl halides is 2. The molecule has 1 N–H and O–H groups in total. The predicted octanol–water partition coefficient (Wildman–Crippen LogP) is 1.23. The third-order valence-corrected chi connectivity index (χ3v) is 2.43. The van der Waals surface area contributed by atoms with Crippen molar-refractivity contribution in [1.82, 2.24) is 25.5 Å². The Labute approximate surface area is 97.0 Å². The lowest BCUT2D eigenvalue weighted by Gasteiger charge is -2.07. The van der Waals surface area contributed by atoms with E-state index in [0.717, 1.165) is 6.54 Å². The van der Waals surface area contributed by atoms with Gasteiger partial charge in [-0.2, -0.15) is 8.78 Å². The zero-order chi connectivity index (χ0) is 12.0. The van der Waals surface area contributed by atoms with Gasteiger partial charge in [-0.05, 0) is 34.7 Å². The summed E-state index contributed by atoms with van der Waals surface area (Å²) < 4.78 is 25.6. The molecule has 0 saturated carbocycles. The third kappa shape index (κ3) is 4.84. The van der Waals surface area contributed by atoms with Crippen molar-refractivity contribution in [2.75, 3.05) is 13.1 Å². The number of halogens is 2. The number of nitrogens with zero attached hydrogens (tertiary/aromatic N) is 4. The van der Waals surface area contributed by atoms with Crippen LogP contribution in [0.5, 0.6) is 0 Å². The molecule has 5 nitrogen and oxygen atoms in total. The molecule has 16 heavy (non-hydrogen) atoms. The Morgan fingerprint density at radius 1 is 1.44 bits per heavy atom. The Morgan fingerprint density at radius 3 is 2.81 bits per heavy atom. The van der Waals surface area contributed by atoms with Crippen LogP contribution in [0.2, 0.25) is 0 Å². The van der Waals surface area contributed by atoms with Crippen LogP contribution >= 0.6 is 11.8 Å². The molecule has 0 aliphatic rings. The largest absolute Gasteiger partial charge is 0.315 e. The molecule has 0 unspecified atom stereocenters. The van der Waals surface area contributed by atoms with E-state index in [-0.39, 0.29) is 5.16 Å². The summed E-state index contributed by atoms with van der Waals surface area (Å²) in [5, 5.41) is 13.9. The van der Waals surface area contributed by atoms with Gasteiger partial charge in [-0.25, -0.2) is 4.68 Å². The zero-order valence-corrected chi connectivity index (χ0v) is 10.0. The molecule has 0 atom stereocenters. The fraction of sp³-hybridized carbons (Fsp3) is 0.875. The van der Waals surface area contributed by atoms with Gasteiger partial charge >= 0.3 is 0 Å². The van der Waals surface area contributed by atoms with Gasteiger partial charge < -0.3 is 5.32 Å². The zero-order valence-electron chi connectivity index (χ0n) is 9.23. The number of aromatic nitrogens is 4. The molecular weight excluding hydrogens is 236 g/mol. The monoisotopic (exact) mass is 251 g/mol. The highest BCUT2D eigenvalue weighted by molar-refractivity contribution is 7.99. The second-order valence-corrected chi connectivity index (χ2v) is 4.62. The van der Waals surface area contributed by atoms with Crippen molar-refractivity contribution >= 4 is 11.8 Å². The molecule has 92 valence electrons. The van der Waals surface area contributed by atoms with E-state index in [1.54, 1.807) is 0 Å². The lowest BCUT2D eigenvalue weighted by atomic mass is 10.2. The first-order valence-electron chi connectivity index (χ1n) is 5.01. The van der Waals surface area contributed by atoms with Crippen LogP contribution in [0.1, 0.15) is 13.8 Å². The first-order valence-corrected chi connectivity index (χ1v) is 5.89. The van der Waals surface area contributed by atoms with Crippen molar-refractivity contribution < 1.29 is 8.78 Å². The van der Waals surface area contributed by atoms with Gasteiger partial charge in [0.2, 0.25) is 5.16 Å². The standard InChI is InChI=1S/C8H15F2N5S/c1-6(2)5-11-3-4-15-8(12-13-14-15)16-7(9)10/h6-7,11H,3-5H2,1-2H3. The highest BCUT2D eigenvalue weighted by atomic mass is 32.2. The lowest BCUT2D eigenvalue weighted by molar-refractivity contribution is 0.251. The van der Waals surface area contributed by atoms with Gasteiger partial charge in [0.15, 0.2) is 0 Å². The quantitative estimate of drug-likeness (QED) is 0.583. The molecule has 0 fully saturated rings. The summed E-state index contributed by atoms with van der Waals surface area (Å²) in [6, 6.07) is 0. The molecule has 0 amide bonds. The molecule has 8 heteroatoms. The Hall–Kier alpha value is -0.760. The summed E-state index contributed by atoms with van der Waals surface area (Å²) in [5.41, 5.74) is 0. The highest BCUT2D eigenvalue weighted by Gasteiger charge is 2.12. The number of rotatable bonds is 7. The van der Waals surface area contributed by atoms with Crippen LogP contribution in [-0.2, 0) is 6.54 Å². The molecule has 1 rings (SSSR count). The molecule has 1 heterocycles. The Balaban J connectivity index is 2.33. The maximum Gasteiger partial charge on any atom is 0.291 e. The van der Waals surface area contributed by atoms with Gasteiger partial charge in [-0.1, -0.05) is 13.8 Å². The van der Waals surface area contributed by atoms with Crippen LogP contribution < -0.4 is 5.32 Å². The van der Waals surface area contributed by atoms with E-state index < -0.39 is 5.76 Å². The fourth-order valence-electron chi connectivity index (χ4n) is 1.08. The van der Waals surface area contributed by atoms with Crippen molar-refractivity contribution in [1.29, 1.82) is 0 Å². The number of tetrazole rings is 1. The Kier molecular flexibility index (Phi) is 5.61. The Morgan fingerprint density at radius 2 is 2.19 bits per heavy atom. The summed E-state index contributed by atoms with van der Waals surface area (Å²) in [4.78, 5) is 0. The minimum Gasteiger partial charge on any atom is -0.315 e. The average molecular weight is 251 g/mol. The molecule has 0 bridgehead atoms. The number of thioether (sulfide) groups is 1. The van der Waals surface area contributed by atoms with Crippen LogP contribution in [0.4, 0.5) is 8.78 Å². The van der Waals surface area contributed by atoms with Crippen LogP contribution in [0.25, 0.3) is 0 Å². The van der Waals surface area contributed by atoms with Gasteiger partial charge in [0.25, 0.3) is 5.76 Å². The normalized spacial score (nSPS) is 11.6. The van der Waals surface area contributed by atoms with Crippen LogP contribution in [0.15, 0.2) is 5.16 Å². The number of hydrogen-bond donors (Lipinski definition) is 1. The van der Waals surface area contributed by atoms with E-state index in [1.807, 2.05) is 0 Å². The molecule has 0 aliphatic heterocycles. The molecule has 1 aromatic heterocycles. The maximum atomic E-state index is 12.1. The summed E-state index contributed by atoms with van der Waals surface area (Å²) in [5.74, 6) is -1.93. The SMILES string of the molecule is CC(C)CNCCn1nnnc1SC(F)F. The van der Waals surface area contributed by atoms with E-state index in [0.29, 0.717) is 30.8 Å². The van der Waals surface area contributed by atoms with E-state index >= 15 is 0 Å². The van der Waals surface area contributed by atoms with Gasteiger partial charge in [0, 0.05) is 6.54 Å². The van der Waals surface area contributed by atoms with Crippen molar-refractivity contribution in [3.63, 3.8) is 0 Å². The summed E-state index contributed by atoms with van der Waals surface area (Å²) in [6.07, 6.45) is 0. The number of nitrogens with one attached hydrogen (secondary N) is 1. The van der Waals surface area contributed by atoms with Gasteiger partial charge in [0.1, 0.15) is 0 Å². The smallest absolute Gasteiger partial charge is 0.291 e. The van der Waals surface area contributed by atoms with Gasteiger partial charge in [-0.15, -0.1) is 5.10 Å². The van der Waals surface area contributed by atoms with E-state index in [9.17, 15) is 8.78 Å². The van der Waals surface area contributed by atoms with E-state index in [2.05, 4.69) is 34.7 Å². The van der Waals surface area contributed by atoms with Gasteiger partial charge in [-0.3, -0.25) is 0 Å². The molecule has 0 radical (unpaired) electrons. The van der Waals surface area contributed by atoms with Crippen molar-refractivity contribution in [3.8, 4) is 0 Å². The second-order valence-electron chi connectivity index (χ2n) is 3.66. The van der Waals surface area contributed by atoms with Crippen LogP contribution in [0.3, 0.4) is 0 Å². The molecule has 0 aromatic carbocycles. The number of hydrogen-bond acceptors (Lipinski definition) is 5. The minimum absolute atomic E-state index is 0.154. The van der Waals surface area contributed by atoms with E-state index in [4.69, 9.17) is 0 Å². The first-order chi connectivity index (χ1) is 7.59. The van der Waals surface area contributed by atoms with Crippen molar-refractivity contribution in [3.05, 3.63) is 0 Å². The molecular formula is C8H15F2N5S. The predicted molar refractivity (Wildman–Crippen MR) is 57.4 cm³/mol. The Bertz CT molecular complexity index is 304. The van der Waals surface area contributed by atoms with E-state index in [1.165, 1.54) is 4.68 Å². The third-order valence-electron chi connectivity index (χ3n) is 1.75. The lowest BCUT2D eigenvalue weighted by Crippen LogP contribution is -2.24. The first kappa shape index (κ1) is 13.3. The van der Waals surface area contributed by atoms with Crippen LogP contribution in [0, 0.1) is 5.92 Å². The van der Waals surface area contributed by atoms with Gasteiger partial charge in [0.05, 0.1) is 6.54 Å². The fourth-order valence-corrected chi connectivity index (χ4v) is 1.57. The molecule has 0 spiro atoms. The molecule has 1 aromatic rings.